The first-order chi connectivity index (χ1) is 9.63. The van der Waals surface area contributed by atoms with Crippen molar-refractivity contribution in [3.63, 3.8) is 0 Å². The summed E-state index contributed by atoms with van der Waals surface area (Å²) in [5, 5.41) is 0. The monoisotopic (exact) mass is 274 g/mol. The van der Waals surface area contributed by atoms with Crippen molar-refractivity contribution in [1.82, 2.24) is 4.90 Å². The largest absolute Gasteiger partial charge is 0.336 e. The van der Waals surface area contributed by atoms with Crippen LogP contribution in [0.5, 0.6) is 0 Å². The van der Waals surface area contributed by atoms with Crippen LogP contribution in [0.2, 0.25) is 0 Å². The van der Waals surface area contributed by atoms with Crippen molar-refractivity contribution in [3.8, 4) is 0 Å². The van der Waals surface area contributed by atoms with E-state index in [4.69, 9.17) is 5.73 Å². The Labute approximate surface area is 122 Å². The molecular weight excluding hydrogens is 248 g/mol. The Balaban J connectivity index is 2.10. The Morgan fingerprint density at radius 3 is 2.60 bits per heavy atom. The second kappa shape index (κ2) is 6.89. The molecule has 0 aliphatic heterocycles. The summed E-state index contributed by atoms with van der Waals surface area (Å²) in [5.74, 6) is 0.794. The summed E-state index contributed by atoms with van der Waals surface area (Å²) in [5.41, 5.74) is 7.01. The lowest BCUT2D eigenvalue weighted by atomic mass is 9.94. The second-order valence-corrected chi connectivity index (χ2v) is 6.08. The first-order valence-corrected chi connectivity index (χ1v) is 7.68. The molecule has 1 saturated carbocycles. The van der Waals surface area contributed by atoms with Crippen LogP contribution in [0.4, 0.5) is 0 Å². The molecule has 20 heavy (non-hydrogen) atoms. The predicted octanol–water partition coefficient (Wildman–Crippen LogP) is 2.80. The van der Waals surface area contributed by atoms with Gasteiger partial charge >= 0.3 is 0 Å². The van der Waals surface area contributed by atoms with E-state index in [9.17, 15) is 4.79 Å². The standard InChI is InChI=1S/C17H26N2O/c1-13(2)19(12-14-7-4-3-5-8-14)17(20)16-10-6-9-15(16)11-18/h3-5,7-8,13,15-16H,6,9-12,18H2,1-2H3/t15-,16-/m1/s1. The van der Waals surface area contributed by atoms with Gasteiger partial charge < -0.3 is 10.6 Å². The quantitative estimate of drug-likeness (QED) is 0.897. The number of amides is 1. The van der Waals surface area contributed by atoms with Gasteiger partial charge in [0.1, 0.15) is 0 Å². The minimum absolute atomic E-state index is 0.131. The number of carbonyl (C=O) groups is 1. The van der Waals surface area contributed by atoms with E-state index < -0.39 is 0 Å². The van der Waals surface area contributed by atoms with Crippen LogP contribution in [0.25, 0.3) is 0 Å². The number of hydrogen-bond donors (Lipinski definition) is 1. The van der Waals surface area contributed by atoms with Crippen LogP contribution in [0.15, 0.2) is 30.3 Å². The average Bonchev–Trinajstić information content (AvgIpc) is 2.93. The van der Waals surface area contributed by atoms with Crippen molar-refractivity contribution >= 4 is 5.91 Å². The molecule has 1 fully saturated rings. The van der Waals surface area contributed by atoms with Gasteiger partial charge in [0.2, 0.25) is 5.91 Å². The SMILES string of the molecule is CC(C)N(Cc1ccccc1)C(=O)[C@@H]1CCC[C@@H]1CN. The third kappa shape index (κ3) is 3.40. The van der Waals surface area contributed by atoms with E-state index >= 15 is 0 Å². The first-order valence-electron chi connectivity index (χ1n) is 7.68. The third-order valence-corrected chi connectivity index (χ3v) is 4.38. The molecule has 2 N–H and O–H groups in total. The summed E-state index contributed by atoms with van der Waals surface area (Å²) in [7, 11) is 0. The molecule has 0 heterocycles. The summed E-state index contributed by atoms with van der Waals surface area (Å²) in [6, 6.07) is 10.4. The van der Waals surface area contributed by atoms with Crippen LogP contribution in [0.1, 0.15) is 38.7 Å². The highest BCUT2D eigenvalue weighted by Crippen LogP contribution is 2.33. The van der Waals surface area contributed by atoms with Gasteiger partial charge in [-0.25, -0.2) is 0 Å². The van der Waals surface area contributed by atoms with Crippen molar-refractivity contribution in [2.45, 2.75) is 45.7 Å². The fourth-order valence-corrected chi connectivity index (χ4v) is 3.15. The summed E-state index contributed by atoms with van der Waals surface area (Å²) in [6.07, 6.45) is 3.23. The summed E-state index contributed by atoms with van der Waals surface area (Å²) in [4.78, 5) is 14.8. The maximum absolute atomic E-state index is 12.8. The lowest BCUT2D eigenvalue weighted by Crippen LogP contribution is -2.42. The highest BCUT2D eigenvalue weighted by molar-refractivity contribution is 5.79. The topological polar surface area (TPSA) is 46.3 Å². The molecule has 3 heteroatoms. The molecule has 2 atom stereocenters. The minimum Gasteiger partial charge on any atom is -0.336 e. The van der Waals surface area contributed by atoms with Gasteiger partial charge in [-0.15, -0.1) is 0 Å². The molecule has 3 nitrogen and oxygen atoms in total. The number of hydrogen-bond acceptors (Lipinski definition) is 2. The van der Waals surface area contributed by atoms with E-state index in [0.717, 1.165) is 19.3 Å². The fourth-order valence-electron chi connectivity index (χ4n) is 3.15. The van der Waals surface area contributed by atoms with Gasteiger partial charge in [-0.3, -0.25) is 4.79 Å². The van der Waals surface area contributed by atoms with Crippen molar-refractivity contribution < 1.29 is 4.79 Å². The molecule has 1 amide bonds. The average molecular weight is 274 g/mol. The smallest absolute Gasteiger partial charge is 0.226 e. The third-order valence-electron chi connectivity index (χ3n) is 4.38. The lowest BCUT2D eigenvalue weighted by Gasteiger charge is -2.31. The highest BCUT2D eigenvalue weighted by atomic mass is 16.2. The van der Waals surface area contributed by atoms with E-state index in [2.05, 4.69) is 26.0 Å². The first kappa shape index (κ1) is 15.0. The van der Waals surface area contributed by atoms with E-state index in [1.807, 2.05) is 23.1 Å². The van der Waals surface area contributed by atoms with Gasteiger partial charge in [-0.2, -0.15) is 0 Å². The van der Waals surface area contributed by atoms with Gasteiger partial charge in [-0.05, 0) is 44.7 Å². The molecule has 1 aromatic rings. The number of rotatable bonds is 5. The van der Waals surface area contributed by atoms with Gasteiger partial charge in [0.15, 0.2) is 0 Å². The lowest BCUT2D eigenvalue weighted by molar-refractivity contribution is -0.139. The van der Waals surface area contributed by atoms with Crippen LogP contribution in [0.3, 0.4) is 0 Å². The van der Waals surface area contributed by atoms with Crippen molar-refractivity contribution in [2.75, 3.05) is 6.54 Å². The predicted molar refractivity (Wildman–Crippen MR) is 82.0 cm³/mol. The number of benzene rings is 1. The maximum atomic E-state index is 12.8. The Morgan fingerprint density at radius 2 is 2.00 bits per heavy atom. The zero-order chi connectivity index (χ0) is 14.5. The fraction of sp³-hybridized carbons (Fsp3) is 0.588. The van der Waals surface area contributed by atoms with E-state index in [1.54, 1.807) is 0 Å². The normalized spacial score (nSPS) is 22.2. The van der Waals surface area contributed by atoms with Gasteiger partial charge in [0, 0.05) is 18.5 Å². The Bertz CT molecular complexity index is 430. The van der Waals surface area contributed by atoms with Gasteiger partial charge in [0.25, 0.3) is 0 Å². The molecule has 0 saturated heterocycles. The summed E-state index contributed by atoms with van der Waals surface area (Å²) >= 11 is 0. The van der Waals surface area contributed by atoms with E-state index in [1.165, 1.54) is 5.56 Å². The van der Waals surface area contributed by atoms with Crippen molar-refractivity contribution in [2.24, 2.45) is 17.6 Å². The molecule has 0 spiro atoms. The molecule has 0 unspecified atom stereocenters. The van der Waals surface area contributed by atoms with Crippen LogP contribution in [0, 0.1) is 11.8 Å². The Morgan fingerprint density at radius 1 is 1.30 bits per heavy atom. The van der Waals surface area contributed by atoms with E-state index in [-0.39, 0.29) is 17.9 Å². The number of nitrogens with two attached hydrogens (primary N) is 1. The van der Waals surface area contributed by atoms with Crippen molar-refractivity contribution in [1.29, 1.82) is 0 Å². The van der Waals surface area contributed by atoms with Crippen molar-refractivity contribution in [3.05, 3.63) is 35.9 Å². The summed E-state index contributed by atoms with van der Waals surface area (Å²) in [6.45, 7) is 5.51. The molecule has 0 radical (unpaired) electrons. The second-order valence-electron chi connectivity index (χ2n) is 6.08. The zero-order valence-electron chi connectivity index (χ0n) is 12.6. The maximum Gasteiger partial charge on any atom is 0.226 e. The molecule has 110 valence electrons. The molecule has 2 rings (SSSR count). The molecule has 0 bridgehead atoms. The Kier molecular flexibility index (Phi) is 5.18. The van der Waals surface area contributed by atoms with Gasteiger partial charge in [0.05, 0.1) is 0 Å². The molecule has 1 aliphatic carbocycles. The summed E-state index contributed by atoms with van der Waals surface area (Å²) < 4.78 is 0. The number of carbonyl (C=O) groups excluding carboxylic acids is 1. The molecule has 1 aromatic carbocycles. The van der Waals surface area contributed by atoms with Crippen LogP contribution >= 0.6 is 0 Å². The zero-order valence-corrected chi connectivity index (χ0v) is 12.6. The van der Waals surface area contributed by atoms with Gasteiger partial charge in [-0.1, -0.05) is 36.8 Å². The number of nitrogens with zero attached hydrogens (tertiary/aromatic N) is 1. The minimum atomic E-state index is 0.131. The Hall–Kier alpha value is -1.35. The van der Waals surface area contributed by atoms with E-state index in [0.29, 0.717) is 19.0 Å². The van der Waals surface area contributed by atoms with Crippen LogP contribution in [-0.4, -0.2) is 23.4 Å². The highest BCUT2D eigenvalue weighted by Gasteiger charge is 2.35. The molecule has 1 aliphatic rings. The molecule has 0 aromatic heterocycles. The van der Waals surface area contributed by atoms with Crippen LogP contribution < -0.4 is 5.73 Å². The van der Waals surface area contributed by atoms with Crippen LogP contribution in [-0.2, 0) is 11.3 Å². The molecular formula is C17H26N2O.